The van der Waals surface area contributed by atoms with E-state index in [1.807, 2.05) is 13.0 Å². The zero-order chi connectivity index (χ0) is 20.5. The minimum Gasteiger partial charge on any atom is -0.259 e. The lowest BCUT2D eigenvalue weighted by Gasteiger charge is -2.32. The molecule has 0 fully saturated rings. The maximum atomic E-state index is 14.5. The number of rotatable bonds is 5. The number of halogens is 2. The molecule has 3 nitrogen and oxygen atoms in total. The molecule has 0 saturated carbocycles. The molecule has 6 heteroatoms. The van der Waals surface area contributed by atoms with Gasteiger partial charge in [0.15, 0.2) is 0 Å². The van der Waals surface area contributed by atoms with E-state index in [2.05, 4.69) is 0 Å². The van der Waals surface area contributed by atoms with Gasteiger partial charge in [-0.05, 0) is 62.2 Å². The maximum absolute atomic E-state index is 14.5. The van der Waals surface area contributed by atoms with E-state index in [0.717, 1.165) is 5.56 Å². The second kappa shape index (κ2) is 7.94. The molecule has 0 N–H and O–H groups in total. The molecule has 0 aliphatic carbocycles. The van der Waals surface area contributed by atoms with E-state index in [4.69, 9.17) is 11.6 Å². The summed E-state index contributed by atoms with van der Waals surface area (Å²) in [6.45, 7) is 5.22. The summed E-state index contributed by atoms with van der Waals surface area (Å²) < 4.78 is 43.1. The van der Waals surface area contributed by atoms with Crippen molar-refractivity contribution in [3.8, 4) is 0 Å². The summed E-state index contributed by atoms with van der Waals surface area (Å²) >= 11 is 6.17. The second-order valence-corrected chi connectivity index (χ2v) is 8.89. The van der Waals surface area contributed by atoms with E-state index in [-0.39, 0.29) is 4.90 Å². The largest absolute Gasteiger partial charge is 0.265 e. The number of hydrogen-bond donors (Lipinski definition) is 0. The minimum absolute atomic E-state index is 0.102. The summed E-state index contributed by atoms with van der Waals surface area (Å²) in [4.78, 5) is 0.102. The zero-order valence-corrected chi connectivity index (χ0v) is 17.4. The summed E-state index contributed by atoms with van der Waals surface area (Å²) in [5.74, 6) is -0.453. The average Bonchev–Trinajstić information content (AvgIpc) is 2.64. The highest BCUT2D eigenvalue weighted by Crippen LogP contribution is 2.36. The Bertz CT molecular complexity index is 1120. The Labute approximate surface area is 170 Å². The van der Waals surface area contributed by atoms with Crippen LogP contribution in [0.5, 0.6) is 0 Å². The summed E-state index contributed by atoms with van der Waals surface area (Å²) in [5.41, 5.74) is 2.13. The molecule has 0 saturated heterocycles. The van der Waals surface area contributed by atoms with Crippen LogP contribution >= 0.6 is 11.6 Å². The van der Waals surface area contributed by atoms with Crippen molar-refractivity contribution in [2.24, 2.45) is 0 Å². The summed E-state index contributed by atoms with van der Waals surface area (Å²) in [5, 5.41) is 0.365. The van der Waals surface area contributed by atoms with Gasteiger partial charge < -0.3 is 0 Å². The Hall–Kier alpha value is -2.37. The Morgan fingerprint density at radius 2 is 1.64 bits per heavy atom. The van der Waals surface area contributed by atoms with Crippen molar-refractivity contribution in [1.29, 1.82) is 0 Å². The molecule has 0 amide bonds. The Balaban J connectivity index is 2.25. The number of benzene rings is 3. The van der Waals surface area contributed by atoms with E-state index in [1.165, 1.54) is 16.4 Å². The van der Waals surface area contributed by atoms with E-state index >= 15 is 0 Å². The van der Waals surface area contributed by atoms with Crippen LogP contribution in [0.25, 0.3) is 0 Å². The molecule has 0 heterocycles. The quantitative estimate of drug-likeness (QED) is 0.506. The molecule has 1 unspecified atom stereocenters. The predicted octanol–water partition coefficient (Wildman–Crippen LogP) is 6.05. The van der Waals surface area contributed by atoms with Crippen molar-refractivity contribution < 1.29 is 12.8 Å². The van der Waals surface area contributed by atoms with Crippen molar-refractivity contribution in [2.45, 2.75) is 31.7 Å². The van der Waals surface area contributed by atoms with Crippen LogP contribution in [0.2, 0.25) is 5.02 Å². The molecule has 3 aromatic rings. The van der Waals surface area contributed by atoms with Crippen LogP contribution in [0.4, 0.5) is 10.1 Å². The van der Waals surface area contributed by atoms with Gasteiger partial charge >= 0.3 is 0 Å². The number of sulfonamides is 1. The highest BCUT2D eigenvalue weighted by molar-refractivity contribution is 7.93. The molecule has 146 valence electrons. The van der Waals surface area contributed by atoms with E-state index in [0.29, 0.717) is 21.8 Å². The first-order valence-electron chi connectivity index (χ1n) is 8.84. The van der Waals surface area contributed by atoms with Crippen LogP contribution < -0.4 is 4.31 Å². The fourth-order valence-electron chi connectivity index (χ4n) is 3.25. The van der Waals surface area contributed by atoms with Crippen molar-refractivity contribution in [1.82, 2.24) is 0 Å². The van der Waals surface area contributed by atoms with Gasteiger partial charge in [0.25, 0.3) is 10.0 Å². The van der Waals surface area contributed by atoms with Crippen LogP contribution in [0.1, 0.15) is 29.7 Å². The molecule has 0 aromatic heterocycles. The third-order valence-corrected chi connectivity index (χ3v) is 7.17. The molecule has 0 radical (unpaired) electrons. The SMILES string of the molecule is Cc1cccc(N(C(C)c2ccccc2F)S(=O)(=O)c2cccc(Cl)c2C)c1. The van der Waals surface area contributed by atoms with Crippen molar-refractivity contribution in [2.75, 3.05) is 4.31 Å². The molecular formula is C22H21ClFNO2S. The molecule has 1 atom stereocenters. The molecule has 0 aliphatic heterocycles. The van der Waals surface area contributed by atoms with Crippen LogP contribution in [0.15, 0.2) is 71.6 Å². The van der Waals surface area contributed by atoms with Gasteiger partial charge in [0.2, 0.25) is 0 Å². The van der Waals surface area contributed by atoms with Crippen molar-refractivity contribution in [3.05, 3.63) is 94.3 Å². The monoisotopic (exact) mass is 417 g/mol. The molecule has 28 heavy (non-hydrogen) atoms. The molecule has 0 bridgehead atoms. The average molecular weight is 418 g/mol. The van der Waals surface area contributed by atoms with Crippen LogP contribution in [0, 0.1) is 19.7 Å². The number of hydrogen-bond acceptors (Lipinski definition) is 2. The van der Waals surface area contributed by atoms with Gasteiger partial charge in [-0.2, -0.15) is 0 Å². The topological polar surface area (TPSA) is 37.4 Å². The van der Waals surface area contributed by atoms with E-state index in [9.17, 15) is 12.8 Å². The first-order valence-corrected chi connectivity index (χ1v) is 10.7. The van der Waals surface area contributed by atoms with Gasteiger partial charge in [0, 0.05) is 10.6 Å². The summed E-state index contributed by atoms with van der Waals surface area (Å²) in [6.07, 6.45) is 0. The Morgan fingerprint density at radius 3 is 2.32 bits per heavy atom. The van der Waals surface area contributed by atoms with Crippen LogP contribution in [-0.2, 0) is 10.0 Å². The van der Waals surface area contributed by atoms with Gasteiger partial charge in [-0.3, -0.25) is 4.31 Å². The molecule has 0 spiro atoms. The Kier molecular flexibility index (Phi) is 5.77. The Morgan fingerprint density at radius 1 is 0.964 bits per heavy atom. The van der Waals surface area contributed by atoms with E-state index in [1.54, 1.807) is 62.4 Å². The van der Waals surface area contributed by atoms with Gasteiger partial charge in [0.1, 0.15) is 5.82 Å². The first-order chi connectivity index (χ1) is 13.2. The van der Waals surface area contributed by atoms with Crippen LogP contribution in [0.3, 0.4) is 0 Å². The second-order valence-electron chi connectivity index (χ2n) is 6.70. The van der Waals surface area contributed by atoms with Crippen molar-refractivity contribution >= 4 is 27.3 Å². The van der Waals surface area contributed by atoms with Gasteiger partial charge in [0.05, 0.1) is 16.6 Å². The number of aryl methyl sites for hydroxylation is 1. The minimum atomic E-state index is -4.01. The summed E-state index contributed by atoms with van der Waals surface area (Å²) in [6, 6.07) is 17.4. The molecule has 3 rings (SSSR count). The molecule has 0 aliphatic rings. The standard InChI is InChI=1S/C22H21ClFNO2S/c1-15-8-6-9-18(14-15)25(17(3)19-10-4-5-12-21(19)24)28(26,27)22-13-7-11-20(23)16(22)2/h4-14,17H,1-3H3. The first kappa shape index (κ1) is 20.4. The lowest BCUT2D eigenvalue weighted by atomic mass is 10.1. The number of nitrogens with zero attached hydrogens (tertiary/aromatic N) is 1. The predicted molar refractivity (Wildman–Crippen MR) is 112 cm³/mol. The molecular weight excluding hydrogens is 397 g/mol. The fraction of sp³-hybridized carbons (Fsp3) is 0.182. The third-order valence-electron chi connectivity index (χ3n) is 4.72. The lowest BCUT2D eigenvalue weighted by Crippen LogP contribution is -2.34. The van der Waals surface area contributed by atoms with Gasteiger partial charge in [-0.15, -0.1) is 0 Å². The molecule has 3 aromatic carbocycles. The number of anilines is 1. The highest BCUT2D eigenvalue weighted by atomic mass is 35.5. The summed E-state index contributed by atoms with van der Waals surface area (Å²) in [7, 11) is -4.01. The van der Waals surface area contributed by atoms with E-state index < -0.39 is 21.9 Å². The third kappa shape index (κ3) is 3.77. The van der Waals surface area contributed by atoms with Crippen LogP contribution in [-0.4, -0.2) is 8.42 Å². The maximum Gasteiger partial charge on any atom is 0.265 e. The fourth-order valence-corrected chi connectivity index (χ4v) is 5.36. The lowest BCUT2D eigenvalue weighted by molar-refractivity contribution is 0.569. The highest BCUT2D eigenvalue weighted by Gasteiger charge is 2.33. The normalized spacial score (nSPS) is 12.6. The van der Waals surface area contributed by atoms with Crippen molar-refractivity contribution in [3.63, 3.8) is 0 Å². The zero-order valence-electron chi connectivity index (χ0n) is 15.9. The van der Waals surface area contributed by atoms with Gasteiger partial charge in [-0.1, -0.05) is 48.0 Å². The smallest absolute Gasteiger partial charge is 0.259 e. The van der Waals surface area contributed by atoms with Gasteiger partial charge in [-0.25, -0.2) is 12.8 Å².